The molecule has 1 heterocycles. The van der Waals surface area contributed by atoms with Crippen LogP contribution < -0.4 is 5.32 Å². The van der Waals surface area contributed by atoms with Gasteiger partial charge in [-0.05, 0) is 37.5 Å². The molecular weight excluding hydrogens is 244 g/mol. The van der Waals surface area contributed by atoms with Crippen LogP contribution in [0.4, 0.5) is 0 Å². The minimum atomic E-state index is -0.733. The van der Waals surface area contributed by atoms with E-state index in [2.05, 4.69) is 12.2 Å². The first kappa shape index (κ1) is 14.3. The normalized spacial score (nSPS) is 22.3. The Morgan fingerprint density at radius 2 is 1.95 bits per heavy atom. The van der Waals surface area contributed by atoms with Crippen LogP contribution in [0.2, 0.25) is 0 Å². The first-order valence-electron chi connectivity index (χ1n) is 7.28. The molecule has 0 radical (unpaired) electrons. The van der Waals surface area contributed by atoms with Crippen molar-refractivity contribution in [2.45, 2.75) is 39.0 Å². The van der Waals surface area contributed by atoms with Crippen molar-refractivity contribution in [3.05, 3.63) is 0 Å². The monoisotopic (exact) mass is 268 g/mol. The van der Waals surface area contributed by atoms with Crippen molar-refractivity contribution >= 4 is 11.9 Å². The lowest BCUT2D eigenvalue weighted by Crippen LogP contribution is -2.44. The van der Waals surface area contributed by atoms with E-state index >= 15 is 0 Å². The summed E-state index contributed by atoms with van der Waals surface area (Å²) in [7, 11) is 0. The molecule has 1 amide bonds. The summed E-state index contributed by atoms with van der Waals surface area (Å²) in [6.45, 7) is 4.68. The standard InChI is InChI=1S/C14H24N2O3/c1-2-14(5-6-14)10-15-9-12(17)16-7-3-11(4-8-16)13(18)19/h11,15H,2-10H2,1H3,(H,18,19). The van der Waals surface area contributed by atoms with E-state index in [0.29, 0.717) is 37.9 Å². The largest absolute Gasteiger partial charge is 0.481 e. The fourth-order valence-corrected chi connectivity index (χ4v) is 2.75. The Morgan fingerprint density at radius 3 is 2.42 bits per heavy atom. The van der Waals surface area contributed by atoms with Gasteiger partial charge in [-0.25, -0.2) is 0 Å². The highest BCUT2D eigenvalue weighted by Gasteiger charge is 2.40. The van der Waals surface area contributed by atoms with Crippen molar-refractivity contribution in [3.8, 4) is 0 Å². The van der Waals surface area contributed by atoms with E-state index < -0.39 is 5.97 Å². The predicted molar refractivity (Wildman–Crippen MR) is 71.8 cm³/mol. The maximum Gasteiger partial charge on any atom is 0.306 e. The Labute approximate surface area is 114 Å². The fourth-order valence-electron chi connectivity index (χ4n) is 2.75. The van der Waals surface area contributed by atoms with Gasteiger partial charge in [-0.2, -0.15) is 0 Å². The lowest BCUT2D eigenvalue weighted by molar-refractivity contribution is -0.145. The molecule has 0 spiro atoms. The molecule has 0 unspecified atom stereocenters. The average Bonchev–Trinajstić information content (AvgIpc) is 3.19. The molecule has 0 bridgehead atoms. The van der Waals surface area contributed by atoms with Crippen molar-refractivity contribution in [2.24, 2.45) is 11.3 Å². The summed E-state index contributed by atoms with van der Waals surface area (Å²) in [6.07, 6.45) is 4.89. The van der Waals surface area contributed by atoms with Gasteiger partial charge in [0.05, 0.1) is 12.5 Å². The molecule has 5 nitrogen and oxygen atoms in total. The second-order valence-electron chi connectivity index (χ2n) is 5.95. The van der Waals surface area contributed by atoms with Crippen molar-refractivity contribution in [3.63, 3.8) is 0 Å². The molecule has 19 heavy (non-hydrogen) atoms. The first-order valence-corrected chi connectivity index (χ1v) is 7.28. The number of hydrogen-bond donors (Lipinski definition) is 2. The lowest BCUT2D eigenvalue weighted by Gasteiger charge is -2.30. The van der Waals surface area contributed by atoms with E-state index in [9.17, 15) is 9.59 Å². The van der Waals surface area contributed by atoms with E-state index in [1.807, 2.05) is 0 Å². The first-order chi connectivity index (χ1) is 9.06. The number of rotatable bonds is 6. The zero-order valence-electron chi connectivity index (χ0n) is 11.7. The number of carboxylic acids is 1. The number of nitrogens with zero attached hydrogens (tertiary/aromatic N) is 1. The maximum absolute atomic E-state index is 12.0. The summed E-state index contributed by atoms with van der Waals surface area (Å²) < 4.78 is 0. The van der Waals surface area contributed by atoms with Crippen LogP contribution in [-0.2, 0) is 9.59 Å². The molecule has 1 saturated carbocycles. The molecule has 1 aliphatic heterocycles. The van der Waals surface area contributed by atoms with Gasteiger partial charge in [0.25, 0.3) is 0 Å². The van der Waals surface area contributed by atoms with Crippen LogP contribution in [0.3, 0.4) is 0 Å². The number of carboxylic acid groups (broad SMARTS) is 1. The van der Waals surface area contributed by atoms with Crippen LogP contribution in [0.25, 0.3) is 0 Å². The predicted octanol–water partition coefficient (Wildman–Crippen LogP) is 1.09. The number of nitrogens with one attached hydrogen (secondary N) is 1. The highest BCUT2D eigenvalue weighted by Crippen LogP contribution is 2.47. The summed E-state index contributed by atoms with van der Waals surface area (Å²) in [5.41, 5.74) is 0.455. The molecule has 0 aromatic carbocycles. The topological polar surface area (TPSA) is 69.6 Å². The van der Waals surface area contributed by atoms with E-state index in [-0.39, 0.29) is 11.8 Å². The molecule has 5 heteroatoms. The van der Waals surface area contributed by atoms with Crippen LogP contribution in [0.5, 0.6) is 0 Å². The lowest BCUT2D eigenvalue weighted by atomic mass is 9.97. The van der Waals surface area contributed by atoms with Crippen molar-refractivity contribution < 1.29 is 14.7 Å². The number of carbonyl (C=O) groups excluding carboxylic acids is 1. The molecule has 2 N–H and O–H groups in total. The molecule has 2 rings (SSSR count). The summed E-state index contributed by atoms with van der Waals surface area (Å²) in [5, 5.41) is 12.2. The van der Waals surface area contributed by atoms with E-state index in [4.69, 9.17) is 5.11 Å². The molecule has 0 aromatic heterocycles. The Kier molecular flexibility index (Phi) is 4.45. The minimum absolute atomic E-state index is 0.107. The third-order valence-electron chi connectivity index (χ3n) is 4.68. The van der Waals surface area contributed by atoms with E-state index in [1.165, 1.54) is 19.3 Å². The van der Waals surface area contributed by atoms with Crippen LogP contribution in [0, 0.1) is 11.3 Å². The van der Waals surface area contributed by atoms with Crippen molar-refractivity contribution in [1.29, 1.82) is 0 Å². The molecule has 2 aliphatic rings. The summed E-state index contributed by atoms with van der Waals surface area (Å²) in [4.78, 5) is 24.6. The molecule has 108 valence electrons. The van der Waals surface area contributed by atoms with Gasteiger partial charge in [0.1, 0.15) is 0 Å². The molecule has 0 aromatic rings. The van der Waals surface area contributed by atoms with Crippen molar-refractivity contribution in [1.82, 2.24) is 10.2 Å². The summed E-state index contributed by atoms with van der Waals surface area (Å²) in [5.74, 6) is -0.897. The fraction of sp³-hybridized carbons (Fsp3) is 0.857. The Morgan fingerprint density at radius 1 is 1.32 bits per heavy atom. The molecule has 0 atom stereocenters. The number of carbonyl (C=O) groups is 2. The van der Waals surface area contributed by atoms with Crippen LogP contribution in [-0.4, -0.2) is 48.1 Å². The van der Waals surface area contributed by atoms with Gasteiger partial charge in [-0.15, -0.1) is 0 Å². The van der Waals surface area contributed by atoms with Crippen LogP contribution in [0.15, 0.2) is 0 Å². The zero-order chi connectivity index (χ0) is 13.9. The number of hydrogen-bond acceptors (Lipinski definition) is 3. The number of likely N-dealkylation sites (tertiary alicyclic amines) is 1. The van der Waals surface area contributed by atoms with Gasteiger partial charge in [-0.3, -0.25) is 9.59 Å². The smallest absolute Gasteiger partial charge is 0.306 e. The Hall–Kier alpha value is -1.10. The van der Waals surface area contributed by atoms with E-state index in [1.54, 1.807) is 4.90 Å². The summed E-state index contributed by atoms with van der Waals surface area (Å²) in [6, 6.07) is 0. The third-order valence-corrected chi connectivity index (χ3v) is 4.68. The van der Waals surface area contributed by atoms with Gasteiger partial charge < -0.3 is 15.3 Å². The number of aliphatic carboxylic acids is 1. The van der Waals surface area contributed by atoms with Gasteiger partial charge >= 0.3 is 5.97 Å². The second-order valence-corrected chi connectivity index (χ2v) is 5.95. The van der Waals surface area contributed by atoms with E-state index in [0.717, 1.165) is 6.54 Å². The van der Waals surface area contributed by atoms with Crippen molar-refractivity contribution in [2.75, 3.05) is 26.2 Å². The van der Waals surface area contributed by atoms with Crippen LogP contribution >= 0.6 is 0 Å². The quantitative estimate of drug-likeness (QED) is 0.756. The Bertz CT molecular complexity index is 345. The van der Waals surface area contributed by atoms with Crippen LogP contribution in [0.1, 0.15) is 39.0 Å². The molecule has 1 saturated heterocycles. The number of piperidine rings is 1. The van der Waals surface area contributed by atoms with Gasteiger partial charge in [0.2, 0.25) is 5.91 Å². The second kappa shape index (κ2) is 5.90. The third kappa shape index (κ3) is 3.69. The highest BCUT2D eigenvalue weighted by atomic mass is 16.4. The molecule has 2 fully saturated rings. The highest BCUT2D eigenvalue weighted by molar-refractivity contribution is 5.78. The molecular formula is C14H24N2O3. The number of amides is 1. The SMILES string of the molecule is CCC1(CNCC(=O)N2CCC(C(=O)O)CC2)CC1. The van der Waals surface area contributed by atoms with Gasteiger partial charge in [0, 0.05) is 19.6 Å². The van der Waals surface area contributed by atoms with Gasteiger partial charge in [0.15, 0.2) is 0 Å². The zero-order valence-corrected chi connectivity index (χ0v) is 11.7. The Balaban J connectivity index is 1.65. The minimum Gasteiger partial charge on any atom is -0.481 e. The molecule has 1 aliphatic carbocycles. The van der Waals surface area contributed by atoms with Gasteiger partial charge in [-0.1, -0.05) is 6.92 Å². The summed E-state index contributed by atoms with van der Waals surface area (Å²) >= 11 is 0. The average molecular weight is 268 g/mol. The maximum atomic E-state index is 12.0.